The largest absolute Gasteiger partial charge is 0.347 e. The molecule has 2 aliphatic heterocycles. The minimum absolute atomic E-state index is 0.117. The molecule has 0 spiro atoms. The number of benzene rings is 1. The van der Waals surface area contributed by atoms with Crippen LogP contribution in [0.5, 0.6) is 0 Å². The Labute approximate surface area is 173 Å². The van der Waals surface area contributed by atoms with Crippen LogP contribution in [-0.4, -0.2) is 71.8 Å². The van der Waals surface area contributed by atoms with E-state index in [9.17, 15) is 4.79 Å². The van der Waals surface area contributed by atoms with Crippen molar-refractivity contribution in [1.82, 2.24) is 30.2 Å². The maximum absolute atomic E-state index is 12.5. The normalized spacial score (nSPS) is 21.2. The molecule has 2 fully saturated rings. The van der Waals surface area contributed by atoms with Gasteiger partial charge in [0.1, 0.15) is 5.69 Å². The van der Waals surface area contributed by atoms with Crippen LogP contribution in [0.15, 0.2) is 36.5 Å². The zero-order valence-electron chi connectivity index (χ0n) is 17.3. The van der Waals surface area contributed by atoms with Crippen molar-refractivity contribution < 1.29 is 4.79 Å². The lowest BCUT2D eigenvalue weighted by Gasteiger charge is -2.32. The molecular weight excluding hydrogens is 364 g/mol. The monoisotopic (exact) mass is 396 g/mol. The van der Waals surface area contributed by atoms with Gasteiger partial charge in [-0.1, -0.05) is 24.3 Å². The number of hydrogen-bond acceptors (Lipinski definition) is 5. The van der Waals surface area contributed by atoms with Crippen molar-refractivity contribution in [1.29, 1.82) is 0 Å². The van der Waals surface area contributed by atoms with E-state index in [1.165, 1.54) is 5.56 Å². The Balaban J connectivity index is 1.25. The topological polar surface area (TPSA) is 65.4 Å². The zero-order valence-corrected chi connectivity index (χ0v) is 17.3. The molecule has 4 rings (SSSR count). The van der Waals surface area contributed by atoms with Crippen LogP contribution in [0.4, 0.5) is 0 Å². The molecule has 2 aliphatic rings. The highest BCUT2D eigenvalue weighted by Gasteiger charge is 2.18. The van der Waals surface area contributed by atoms with Crippen LogP contribution < -0.4 is 10.6 Å². The Bertz CT molecular complexity index is 788. The number of carbonyl (C=O) groups excluding carboxylic acids is 1. The van der Waals surface area contributed by atoms with E-state index in [-0.39, 0.29) is 5.91 Å². The molecule has 2 saturated heterocycles. The maximum Gasteiger partial charge on any atom is 0.272 e. The van der Waals surface area contributed by atoms with E-state index in [1.54, 1.807) is 0 Å². The average Bonchev–Trinajstić information content (AvgIpc) is 3.26. The minimum Gasteiger partial charge on any atom is -0.347 e. The van der Waals surface area contributed by atoms with Crippen LogP contribution in [0.1, 0.15) is 40.5 Å². The highest BCUT2D eigenvalue weighted by Crippen LogP contribution is 2.16. The van der Waals surface area contributed by atoms with E-state index in [4.69, 9.17) is 0 Å². The van der Waals surface area contributed by atoms with Crippen molar-refractivity contribution in [2.24, 2.45) is 0 Å². The summed E-state index contributed by atoms with van der Waals surface area (Å²) in [6.07, 6.45) is 4.17. The Morgan fingerprint density at radius 2 is 1.90 bits per heavy atom. The molecule has 7 nitrogen and oxygen atoms in total. The third-order valence-electron chi connectivity index (χ3n) is 5.96. The summed E-state index contributed by atoms with van der Waals surface area (Å²) < 4.78 is 1.92. The van der Waals surface area contributed by atoms with Gasteiger partial charge < -0.3 is 15.5 Å². The highest BCUT2D eigenvalue weighted by molar-refractivity contribution is 5.92. The van der Waals surface area contributed by atoms with Gasteiger partial charge in [-0.05, 0) is 43.6 Å². The first-order valence-electron chi connectivity index (χ1n) is 10.7. The molecule has 156 valence electrons. The van der Waals surface area contributed by atoms with Gasteiger partial charge in [0.25, 0.3) is 5.91 Å². The zero-order chi connectivity index (χ0) is 20.1. The summed E-state index contributed by atoms with van der Waals surface area (Å²) >= 11 is 0. The smallest absolute Gasteiger partial charge is 0.272 e. The molecule has 2 N–H and O–H groups in total. The molecule has 0 saturated carbocycles. The molecule has 29 heavy (non-hydrogen) atoms. The summed E-state index contributed by atoms with van der Waals surface area (Å²) in [5, 5.41) is 10.9. The summed E-state index contributed by atoms with van der Waals surface area (Å²) in [7, 11) is 2.18. The van der Waals surface area contributed by atoms with Crippen molar-refractivity contribution in [2.75, 3.05) is 46.3 Å². The lowest BCUT2D eigenvalue weighted by atomic mass is 10.1. The summed E-state index contributed by atoms with van der Waals surface area (Å²) in [6.45, 7) is 8.02. The number of hydrogen-bond donors (Lipinski definition) is 2. The van der Waals surface area contributed by atoms with Crippen LogP contribution >= 0.6 is 0 Å². The quantitative estimate of drug-likeness (QED) is 0.774. The lowest BCUT2D eigenvalue weighted by Crippen LogP contribution is -2.43. The van der Waals surface area contributed by atoms with Gasteiger partial charge in [-0.25, -0.2) is 0 Å². The summed E-state index contributed by atoms with van der Waals surface area (Å²) in [4.78, 5) is 17.3. The van der Waals surface area contributed by atoms with Crippen molar-refractivity contribution >= 4 is 5.91 Å². The van der Waals surface area contributed by atoms with Crippen molar-refractivity contribution in [3.8, 4) is 0 Å². The Hall–Kier alpha value is -2.22. The molecule has 0 radical (unpaired) electrons. The summed E-state index contributed by atoms with van der Waals surface area (Å²) in [5.74, 6) is -0.117. The summed E-state index contributed by atoms with van der Waals surface area (Å²) in [6, 6.07) is 10.7. The van der Waals surface area contributed by atoms with Gasteiger partial charge in [0.2, 0.25) is 0 Å². The van der Waals surface area contributed by atoms with Crippen molar-refractivity contribution in [3.05, 3.63) is 53.3 Å². The van der Waals surface area contributed by atoms with Gasteiger partial charge in [-0.2, -0.15) is 5.10 Å². The maximum atomic E-state index is 12.5. The van der Waals surface area contributed by atoms with E-state index < -0.39 is 0 Å². The second-order valence-corrected chi connectivity index (χ2v) is 8.26. The lowest BCUT2D eigenvalue weighted by molar-refractivity contribution is 0.0944. The van der Waals surface area contributed by atoms with Gasteiger partial charge in [0.15, 0.2) is 0 Å². The fraction of sp³-hybridized carbons (Fsp3) is 0.545. The third-order valence-corrected chi connectivity index (χ3v) is 5.96. The Morgan fingerprint density at radius 3 is 2.62 bits per heavy atom. The fourth-order valence-corrected chi connectivity index (χ4v) is 4.02. The molecule has 1 atom stereocenters. The molecule has 0 bridgehead atoms. The molecule has 1 aromatic carbocycles. The average molecular weight is 397 g/mol. The van der Waals surface area contributed by atoms with Crippen LogP contribution in [0.2, 0.25) is 0 Å². The number of nitrogens with zero attached hydrogens (tertiary/aromatic N) is 4. The molecule has 3 heterocycles. The first-order valence-corrected chi connectivity index (χ1v) is 10.7. The van der Waals surface area contributed by atoms with Gasteiger partial charge in [-0.3, -0.25) is 14.4 Å². The highest BCUT2D eigenvalue weighted by atomic mass is 16.1. The van der Waals surface area contributed by atoms with Crippen LogP contribution in [-0.2, 0) is 13.1 Å². The molecule has 1 unspecified atom stereocenters. The number of rotatable bonds is 6. The Kier molecular flexibility index (Phi) is 6.59. The van der Waals surface area contributed by atoms with Gasteiger partial charge in [0, 0.05) is 52.0 Å². The summed E-state index contributed by atoms with van der Waals surface area (Å²) in [5.41, 5.74) is 2.92. The first kappa shape index (κ1) is 20.1. The molecule has 2 aromatic rings. The fourth-order valence-electron chi connectivity index (χ4n) is 4.02. The van der Waals surface area contributed by atoms with Gasteiger partial charge in [-0.15, -0.1) is 0 Å². The number of amides is 1. The van der Waals surface area contributed by atoms with Crippen molar-refractivity contribution in [2.45, 2.75) is 32.0 Å². The standard InChI is InChI=1S/C22H32N6O/c1-26-11-13-27(14-12-26)17-19-6-4-18(5-7-19)15-24-22(29)21-8-10-28(25-21)20-3-2-9-23-16-20/h4-8,10,20,23H,2-3,9,11-17H2,1H3,(H,24,29). The molecule has 1 aromatic heterocycles. The van der Waals surface area contributed by atoms with Gasteiger partial charge >= 0.3 is 0 Å². The molecule has 0 aliphatic carbocycles. The second-order valence-electron chi connectivity index (χ2n) is 8.26. The second kappa shape index (κ2) is 9.52. The minimum atomic E-state index is -0.117. The van der Waals surface area contributed by atoms with E-state index >= 15 is 0 Å². The third kappa shape index (κ3) is 5.44. The Morgan fingerprint density at radius 1 is 1.14 bits per heavy atom. The SMILES string of the molecule is CN1CCN(Cc2ccc(CNC(=O)c3ccn(C4CCCNC4)n3)cc2)CC1. The predicted octanol–water partition coefficient (Wildman–Crippen LogP) is 1.49. The van der Waals surface area contributed by atoms with Crippen LogP contribution in [0.3, 0.4) is 0 Å². The first-order chi connectivity index (χ1) is 14.2. The number of likely N-dealkylation sites (N-methyl/N-ethyl adjacent to an activating group) is 1. The van der Waals surface area contributed by atoms with Gasteiger partial charge in [0.05, 0.1) is 6.04 Å². The number of carbonyl (C=O) groups is 1. The van der Waals surface area contributed by atoms with E-state index in [0.29, 0.717) is 18.3 Å². The van der Waals surface area contributed by atoms with Crippen LogP contribution in [0, 0.1) is 0 Å². The molecule has 1 amide bonds. The van der Waals surface area contributed by atoms with E-state index in [0.717, 1.165) is 64.2 Å². The van der Waals surface area contributed by atoms with Crippen LogP contribution in [0.25, 0.3) is 0 Å². The number of aromatic nitrogens is 2. The number of piperazine rings is 1. The predicted molar refractivity (Wildman–Crippen MR) is 114 cm³/mol. The van der Waals surface area contributed by atoms with E-state index in [1.807, 2.05) is 16.9 Å². The van der Waals surface area contributed by atoms with Crippen molar-refractivity contribution in [3.63, 3.8) is 0 Å². The molecular formula is C22H32N6O. The molecule has 7 heteroatoms. The number of piperidine rings is 1. The number of nitrogens with one attached hydrogen (secondary N) is 2. The van der Waals surface area contributed by atoms with E-state index in [2.05, 4.69) is 56.8 Å².